The molecule has 368 valence electrons. The Morgan fingerprint density at radius 3 is 1.05 bits per heavy atom. The minimum Gasteiger partial charge on any atom is -0.462 e. The van der Waals surface area contributed by atoms with Gasteiger partial charge in [-0.15, -0.1) is 0 Å². The molecule has 0 aliphatic heterocycles. The van der Waals surface area contributed by atoms with Gasteiger partial charge in [-0.25, -0.2) is 0 Å². The van der Waals surface area contributed by atoms with Gasteiger partial charge in [-0.3, -0.25) is 14.4 Å². The summed E-state index contributed by atoms with van der Waals surface area (Å²) in [5, 5.41) is 0. The van der Waals surface area contributed by atoms with Crippen LogP contribution in [0.15, 0.2) is 109 Å². The van der Waals surface area contributed by atoms with Gasteiger partial charge in [0, 0.05) is 19.3 Å². The highest BCUT2D eigenvalue weighted by Gasteiger charge is 2.19. The lowest BCUT2D eigenvalue weighted by Gasteiger charge is -2.18. The Balaban J connectivity index is 4.53. The summed E-state index contributed by atoms with van der Waals surface area (Å²) in [7, 11) is 0. The first-order valence-corrected chi connectivity index (χ1v) is 26.4. The number of hydrogen-bond acceptors (Lipinski definition) is 6. The molecule has 1 atom stereocenters. The molecule has 0 spiro atoms. The minimum absolute atomic E-state index is 0.110. The van der Waals surface area contributed by atoms with Crippen molar-refractivity contribution >= 4 is 17.9 Å². The van der Waals surface area contributed by atoms with Gasteiger partial charge in [0.2, 0.25) is 0 Å². The highest BCUT2D eigenvalue weighted by molar-refractivity contribution is 5.71. The van der Waals surface area contributed by atoms with Gasteiger partial charge in [0.05, 0.1) is 0 Å². The Labute approximate surface area is 400 Å². The Bertz CT molecular complexity index is 1360. The largest absolute Gasteiger partial charge is 0.462 e. The summed E-state index contributed by atoms with van der Waals surface area (Å²) in [6, 6.07) is 0. The second-order valence-electron chi connectivity index (χ2n) is 17.0. The van der Waals surface area contributed by atoms with Crippen LogP contribution in [0.3, 0.4) is 0 Å². The molecular formula is C59H96O6. The Morgan fingerprint density at radius 2 is 0.631 bits per heavy atom. The lowest BCUT2D eigenvalue weighted by molar-refractivity contribution is -0.166. The fourth-order valence-corrected chi connectivity index (χ4v) is 6.85. The molecule has 0 radical (unpaired) electrons. The summed E-state index contributed by atoms with van der Waals surface area (Å²) in [5.41, 5.74) is 0. The van der Waals surface area contributed by atoms with E-state index in [2.05, 4.69) is 118 Å². The molecule has 6 heteroatoms. The molecule has 6 nitrogen and oxygen atoms in total. The summed E-state index contributed by atoms with van der Waals surface area (Å²) in [5.74, 6) is -1.02. The molecule has 0 aromatic carbocycles. The van der Waals surface area contributed by atoms with Crippen molar-refractivity contribution in [3.8, 4) is 0 Å². The number of esters is 3. The van der Waals surface area contributed by atoms with E-state index in [0.717, 1.165) is 103 Å². The van der Waals surface area contributed by atoms with Crippen molar-refractivity contribution in [1.29, 1.82) is 0 Å². The third-order valence-electron chi connectivity index (χ3n) is 10.8. The van der Waals surface area contributed by atoms with Gasteiger partial charge in [0.15, 0.2) is 6.10 Å². The van der Waals surface area contributed by atoms with Crippen molar-refractivity contribution in [3.63, 3.8) is 0 Å². The molecule has 0 amide bonds. The number of carbonyl (C=O) groups excluding carboxylic acids is 3. The molecule has 0 heterocycles. The highest BCUT2D eigenvalue weighted by atomic mass is 16.6. The van der Waals surface area contributed by atoms with Crippen LogP contribution in [0.25, 0.3) is 0 Å². The molecule has 0 aliphatic rings. The number of rotatable bonds is 46. The maximum atomic E-state index is 12.8. The molecule has 0 aromatic heterocycles. The van der Waals surface area contributed by atoms with Gasteiger partial charge < -0.3 is 14.2 Å². The zero-order chi connectivity index (χ0) is 47.2. The van der Waals surface area contributed by atoms with Crippen LogP contribution in [-0.4, -0.2) is 37.2 Å². The molecule has 0 saturated carbocycles. The Kier molecular flexibility index (Phi) is 49.5. The van der Waals surface area contributed by atoms with Crippen molar-refractivity contribution in [2.45, 2.75) is 232 Å². The number of ether oxygens (including phenoxy) is 3. The summed E-state index contributed by atoms with van der Waals surface area (Å²) < 4.78 is 16.7. The van der Waals surface area contributed by atoms with E-state index in [9.17, 15) is 14.4 Å². The normalized spacial score (nSPS) is 13.0. The number of hydrogen-bond donors (Lipinski definition) is 0. The average molecular weight is 901 g/mol. The third-order valence-corrected chi connectivity index (χ3v) is 10.8. The molecule has 0 saturated heterocycles. The van der Waals surface area contributed by atoms with Crippen molar-refractivity contribution in [2.24, 2.45) is 0 Å². The van der Waals surface area contributed by atoms with Gasteiger partial charge in [0.25, 0.3) is 0 Å². The van der Waals surface area contributed by atoms with Crippen LogP contribution in [0.2, 0.25) is 0 Å². The molecule has 1 unspecified atom stereocenters. The van der Waals surface area contributed by atoms with Crippen molar-refractivity contribution in [3.05, 3.63) is 109 Å². The second-order valence-corrected chi connectivity index (χ2v) is 17.0. The maximum Gasteiger partial charge on any atom is 0.306 e. The number of unbranched alkanes of at least 4 members (excludes halogenated alkanes) is 17. The SMILES string of the molecule is CC/C=C\C/C=C\C/C=C\C/C=C\C/C=C\CCC(=O)OCC(COC(=O)CCCCCCCCC/C=C\CCCCCC)OC(=O)CCCCCCCC/C=C\C/C=C\C/C=C\CC. The van der Waals surface area contributed by atoms with Gasteiger partial charge in [-0.2, -0.15) is 0 Å². The summed E-state index contributed by atoms with van der Waals surface area (Å²) in [4.78, 5) is 38.0. The van der Waals surface area contributed by atoms with E-state index in [1.54, 1.807) is 0 Å². The zero-order valence-corrected chi connectivity index (χ0v) is 42.0. The zero-order valence-electron chi connectivity index (χ0n) is 42.0. The van der Waals surface area contributed by atoms with Gasteiger partial charge in [-0.05, 0) is 109 Å². The lowest BCUT2D eigenvalue weighted by atomic mass is 10.1. The van der Waals surface area contributed by atoms with E-state index in [-0.39, 0.29) is 37.5 Å². The molecule has 0 aliphatic carbocycles. The van der Waals surface area contributed by atoms with Crippen LogP contribution >= 0.6 is 0 Å². The average Bonchev–Trinajstić information content (AvgIpc) is 3.30. The first-order chi connectivity index (χ1) is 32.0. The smallest absolute Gasteiger partial charge is 0.306 e. The predicted molar refractivity (Wildman–Crippen MR) is 279 cm³/mol. The highest BCUT2D eigenvalue weighted by Crippen LogP contribution is 2.13. The van der Waals surface area contributed by atoms with E-state index >= 15 is 0 Å². The first kappa shape index (κ1) is 61.1. The van der Waals surface area contributed by atoms with Crippen LogP contribution in [0.4, 0.5) is 0 Å². The Morgan fingerprint density at radius 1 is 0.323 bits per heavy atom. The van der Waals surface area contributed by atoms with Gasteiger partial charge >= 0.3 is 17.9 Å². The third kappa shape index (κ3) is 50.9. The molecule has 0 rings (SSSR count). The van der Waals surface area contributed by atoms with Crippen molar-refractivity contribution < 1.29 is 28.6 Å². The fourth-order valence-electron chi connectivity index (χ4n) is 6.85. The summed E-state index contributed by atoms with van der Waals surface area (Å²) in [6.45, 7) is 6.31. The fraction of sp³-hybridized carbons (Fsp3) is 0.644. The van der Waals surface area contributed by atoms with E-state index in [4.69, 9.17) is 14.2 Å². The minimum atomic E-state index is -0.818. The van der Waals surface area contributed by atoms with Crippen LogP contribution in [0.5, 0.6) is 0 Å². The van der Waals surface area contributed by atoms with Crippen molar-refractivity contribution in [2.75, 3.05) is 13.2 Å². The molecule has 0 aromatic rings. The summed E-state index contributed by atoms with van der Waals surface area (Å²) >= 11 is 0. The van der Waals surface area contributed by atoms with Crippen LogP contribution in [-0.2, 0) is 28.6 Å². The van der Waals surface area contributed by atoms with E-state index in [1.165, 1.54) is 77.0 Å². The molecule has 0 bridgehead atoms. The van der Waals surface area contributed by atoms with Crippen LogP contribution in [0.1, 0.15) is 226 Å². The maximum absolute atomic E-state index is 12.8. The topological polar surface area (TPSA) is 78.9 Å². The monoisotopic (exact) mass is 901 g/mol. The molecular weight excluding hydrogens is 805 g/mol. The number of carbonyl (C=O) groups is 3. The molecule has 65 heavy (non-hydrogen) atoms. The Hall–Kier alpha value is -3.93. The lowest BCUT2D eigenvalue weighted by Crippen LogP contribution is -2.30. The predicted octanol–water partition coefficient (Wildman–Crippen LogP) is 17.5. The van der Waals surface area contributed by atoms with Gasteiger partial charge in [0.1, 0.15) is 13.2 Å². The van der Waals surface area contributed by atoms with E-state index in [0.29, 0.717) is 19.3 Å². The summed E-state index contributed by atoms with van der Waals surface area (Å²) in [6.07, 6.45) is 70.8. The quantitative estimate of drug-likeness (QED) is 0.0262. The van der Waals surface area contributed by atoms with E-state index in [1.807, 2.05) is 12.2 Å². The molecule has 0 N–H and O–H groups in total. The second kappa shape index (κ2) is 52.7. The number of allylic oxidation sites excluding steroid dienone is 18. The standard InChI is InChI=1S/C59H96O6/c1-4-7-10-13-16-19-22-25-28-31-34-37-40-43-46-49-52-58(61)64-55-56(54-63-57(60)51-48-45-42-39-36-33-30-27-24-21-18-15-12-9-6-3)65-59(62)53-50-47-44-41-38-35-32-29-26-23-20-17-14-11-8-5-2/h7-8,10-11,16-17,19-21,24-26,28-29,34,37,43,46,56H,4-6,9,12-15,18,22-23,27,30-33,35-36,38-42,44-45,47-55H2,1-3H3/b10-7-,11-8-,19-16-,20-17-,24-21-,28-25-,29-26-,37-34-,46-43-. The first-order valence-electron chi connectivity index (χ1n) is 26.4. The van der Waals surface area contributed by atoms with Gasteiger partial charge in [-0.1, -0.05) is 207 Å². The van der Waals surface area contributed by atoms with E-state index < -0.39 is 6.10 Å². The van der Waals surface area contributed by atoms with Crippen molar-refractivity contribution in [1.82, 2.24) is 0 Å². The van der Waals surface area contributed by atoms with Crippen LogP contribution < -0.4 is 0 Å². The molecule has 0 fully saturated rings. The van der Waals surface area contributed by atoms with Crippen LogP contribution in [0, 0.1) is 0 Å².